The van der Waals surface area contributed by atoms with Gasteiger partial charge in [-0.3, -0.25) is 0 Å². The molecule has 0 bridgehead atoms. The standard InChI is InChI=1S/C58H42O2Si2/c1-61(2)49-33-45(39-25-13-11-23-37(39)35-19-7-5-8-20-35)51-41-27-15-17-29-47(41)59-55(51)53(49)43-31-32-44-54-50(62(3,4)58(44)57(43)61)34-46(52-42-28-16-18-30-48(42)60-56(52)54)40-26-14-12-24-38(40)36-21-9-6-10-22-36/h5-34H,1-4H3. The van der Waals surface area contributed by atoms with Gasteiger partial charge in [0.25, 0.3) is 0 Å². The molecule has 0 spiro atoms. The van der Waals surface area contributed by atoms with Crippen molar-refractivity contribution in [3.05, 3.63) is 182 Å². The zero-order valence-corrected chi connectivity index (χ0v) is 37.1. The van der Waals surface area contributed by atoms with E-state index in [4.69, 9.17) is 8.83 Å². The Balaban J connectivity index is 1.10. The van der Waals surface area contributed by atoms with E-state index >= 15 is 0 Å². The highest BCUT2D eigenvalue weighted by molar-refractivity contribution is 7.13. The lowest BCUT2D eigenvalue weighted by molar-refractivity contribution is 0.670. The van der Waals surface area contributed by atoms with Crippen LogP contribution in [0.15, 0.2) is 191 Å². The summed E-state index contributed by atoms with van der Waals surface area (Å²) in [6, 6.07) is 66.7. The van der Waals surface area contributed by atoms with E-state index in [1.54, 1.807) is 10.4 Å². The van der Waals surface area contributed by atoms with Gasteiger partial charge in [-0.15, -0.1) is 0 Å². The van der Waals surface area contributed by atoms with Crippen molar-refractivity contribution in [2.24, 2.45) is 0 Å². The third-order valence-corrected chi connectivity index (χ3v) is 21.5. The van der Waals surface area contributed by atoms with Gasteiger partial charge in [0.2, 0.25) is 0 Å². The summed E-state index contributed by atoms with van der Waals surface area (Å²) >= 11 is 0. The van der Waals surface area contributed by atoms with Crippen LogP contribution in [0.2, 0.25) is 26.2 Å². The van der Waals surface area contributed by atoms with Crippen LogP contribution in [0, 0.1) is 0 Å². The number of fused-ring (bicyclic) bond motifs is 15. The molecule has 0 fully saturated rings. The first kappa shape index (κ1) is 35.7. The van der Waals surface area contributed by atoms with Crippen molar-refractivity contribution in [2.45, 2.75) is 26.2 Å². The van der Waals surface area contributed by atoms with Crippen molar-refractivity contribution in [3.8, 4) is 66.8 Å². The van der Waals surface area contributed by atoms with Crippen molar-refractivity contribution >= 4 is 80.8 Å². The summed E-state index contributed by atoms with van der Waals surface area (Å²) in [7, 11) is -4.76. The van der Waals surface area contributed by atoms with Crippen LogP contribution in [0.5, 0.6) is 0 Å². The molecule has 0 radical (unpaired) electrons. The smallest absolute Gasteiger partial charge is 0.143 e. The predicted molar refractivity (Wildman–Crippen MR) is 267 cm³/mol. The molecule has 0 saturated carbocycles. The molecular formula is C58H42O2Si2. The van der Waals surface area contributed by atoms with Gasteiger partial charge in [0.15, 0.2) is 0 Å². The Labute approximate surface area is 362 Å². The number of benzene rings is 9. The zero-order chi connectivity index (χ0) is 41.5. The summed E-state index contributed by atoms with van der Waals surface area (Å²) in [6.45, 7) is 10.4. The number of hydrogen-bond donors (Lipinski definition) is 0. The first-order valence-corrected chi connectivity index (χ1v) is 27.8. The van der Waals surface area contributed by atoms with Crippen LogP contribution in [0.25, 0.3) is 111 Å². The molecule has 62 heavy (non-hydrogen) atoms. The van der Waals surface area contributed by atoms with Crippen LogP contribution in [-0.2, 0) is 0 Å². The van der Waals surface area contributed by atoms with Crippen LogP contribution in [0.4, 0.5) is 0 Å². The third-order valence-electron chi connectivity index (χ3n) is 14.2. The zero-order valence-electron chi connectivity index (χ0n) is 35.1. The summed E-state index contributed by atoms with van der Waals surface area (Å²) < 4.78 is 14.2. The molecule has 2 nitrogen and oxygen atoms in total. The van der Waals surface area contributed by atoms with Gasteiger partial charge < -0.3 is 8.83 Å². The maximum absolute atomic E-state index is 7.11. The summed E-state index contributed by atoms with van der Waals surface area (Å²) in [5, 5.41) is 10.8. The van der Waals surface area contributed by atoms with Gasteiger partial charge in [-0.1, -0.05) is 196 Å². The second kappa shape index (κ2) is 12.8. The Morgan fingerprint density at radius 2 is 0.677 bits per heavy atom. The van der Waals surface area contributed by atoms with Gasteiger partial charge >= 0.3 is 0 Å². The van der Waals surface area contributed by atoms with E-state index in [2.05, 4.69) is 208 Å². The van der Waals surface area contributed by atoms with E-state index in [1.165, 1.54) is 87.9 Å². The summed E-state index contributed by atoms with van der Waals surface area (Å²) in [6.07, 6.45) is 0. The van der Waals surface area contributed by atoms with E-state index in [-0.39, 0.29) is 0 Å². The molecule has 13 rings (SSSR count). The number of rotatable bonds is 4. The lowest BCUT2D eigenvalue weighted by Gasteiger charge is -2.28. The molecule has 0 unspecified atom stereocenters. The number of para-hydroxylation sites is 2. The summed E-state index contributed by atoms with van der Waals surface area (Å²) in [5.74, 6) is 0. The van der Waals surface area contributed by atoms with Crippen molar-refractivity contribution < 1.29 is 8.83 Å². The lowest BCUT2D eigenvalue weighted by Crippen LogP contribution is -2.63. The minimum atomic E-state index is -2.38. The highest BCUT2D eigenvalue weighted by atomic mass is 28.3. The molecule has 2 aromatic heterocycles. The molecule has 11 aromatic rings. The highest BCUT2D eigenvalue weighted by Gasteiger charge is 2.50. The molecule has 0 aliphatic carbocycles. The fourth-order valence-electron chi connectivity index (χ4n) is 11.5. The largest absolute Gasteiger partial charge is 0.455 e. The van der Waals surface area contributed by atoms with Crippen LogP contribution in [-0.4, -0.2) is 16.1 Å². The van der Waals surface area contributed by atoms with Crippen LogP contribution in [0.3, 0.4) is 0 Å². The van der Waals surface area contributed by atoms with Crippen molar-refractivity contribution in [2.75, 3.05) is 0 Å². The normalized spacial score (nSPS) is 14.4. The molecule has 0 saturated heterocycles. The van der Waals surface area contributed by atoms with Crippen LogP contribution >= 0.6 is 0 Å². The number of furan rings is 2. The maximum atomic E-state index is 7.11. The van der Waals surface area contributed by atoms with Crippen LogP contribution < -0.4 is 20.7 Å². The van der Waals surface area contributed by atoms with Crippen molar-refractivity contribution in [1.82, 2.24) is 0 Å². The topological polar surface area (TPSA) is 26.3 Å². The van der Waals surface area contributed by atoms with E-state index in [1.807, 2.05) is 0 Å². The van der Waals surface area contributed by atoms with Gasteiger partial charge in [0.05, 0.1) is 0 Å². The third kappa shape index (κ3) is 4.74. The van der Waals surface area contributed by atoms with Crippen molar-refractivity contribution in [3.63, 3.8) is 0 Å². The molecular weight excluding hydrogens is 785 g/mol. The van der Waals surface area contributed by atoms with Gasteiger partial charge in [0.1, 0.15) is 38.5 Å². The van der Waals surface area contributed by atoms with Gasteiger partial charge in [0, 0.05) is 32.7 Å². The predicted octanol–water partition coefficient (Wildman–Crippen LogP) is 13.8. The molecule has 2 aliphatic heterocycles. The van der Waals surface area contributed by atoms with E-state index < -0.39 is 16.1 Å². The second-order valence-electron chi connectivity index (χ2n) is 18.3. The summed E-state index contributed by atoms with van der Waals surface area (Å²) in [4.78, 5) is 0. The van der Waals surface area contributed by atoms with Crippen molar-refractivity contribution in [1.29, 1.82) is 0 Å². The fourth-order valence-corrected chi connectivity index (χ4v) is 20.0. The molecule has 2 aliphatic rings. The Morgan fingerprint density at radius 3 is 1.10 bits per heavy atom. The molecule has 0 N–H and O–H groups in total. The second-order valence-corrected chi connectivity index (χ2v) is 26.9. The molecule has 0 amide bonds. The fraction of sp³-hybridized carbons (Fsp3) is 0.0690. The number of hydrogen-bond acceptors (Lipinski definition) is 2. The lowest BCUT2D eigenvalue weighted by atomic mass is 9.89. The van der Waals surface area contributed by atoms with Crippen LogP contribution in [0.1, 0.15) is 0 Å². The molecule has 9 aromatic carbocycles. The quantitative estimate of drug-likeness (QED) is 0.165. The van der Waals surface area contributed by atoms with Gasteiger partial charge in [-0.25, -0.2) is 0 Å². The Hall–Kier alpha value is -6.99. The highest BCUT2D eigenvalue weighted by Crippen LogP contribution is 2.49. The maximum Gasteiger partial charge on any atom is 0.143 e. The van der Waals surface area contributed by atoms with Gasteiger partial charge in [-0.2, -0.15) is 0 Å². The first-order valence-electron chi connectivity index (χ1n) is 21.8. The molecule has 0 atom stereocenters. The summed E-state index contributed by atoms with van der Waals surface area (Å²) in [5.41, 5.74) is 19.0. The van der Waals surface area contributed by atoms with E-state index in [9.17, 15) is 0 Å². The first-order chi connectivity index (χ1) is 30.3. The Bertz CT molecular complexity index is 3440. The Kier molecular flexibility index (Phi) is 7.36. The van der Waals surface area contributed by atoms with E-state index in [0.29, 0.717) is 0 Å². The average molecular weight is 827 g/mol. The Morgan fingerprint density at radius 1 is 0.323 bits per heavy atom. The average Bonchev–Trinajstić information content (AvgIpc) is 4.02. The molecule has 4 heterocycles. The molecule has 294 valence electrons. The SMILES string of the molecule is C[Si]1(C)c2cc(-c3ccccc3-c3ccccc3)c3c(oc4ccccc43)c2-c2ccc3c(c21)[Si](C)(C)c1cc(-c2ccccc2-c2ccccc2)c2c(oc4ccccc42)c1-3. The monoisotopic (exact) mass is 826 g/mol. The molecule has 4 heteroatoms. The minimum Gasteiger partial charge on any atom is -0.455 e. The van der Waals surface area contributed by atoms with E-state index in [0.717, 1.165) is 33.1 Å². The minimum absolute atomic E-state index is 0.932. The van der Waals surface area contributed by atoms with Gasteiger partial charge in [-0.05, 0) is 88.5 Å².